The summed E-state index contributed by atoms with van der Waals surface area (Å²) in [6.45, 7) is 0.209. The Hall–Kier alpha value is -2.00. The zero-order chi connectivity index (χ0) is 16.6. The van der Waals surface area contributed by atoms with Crippen molar-refractivity contribution in [1.29, 1.82) is 0 Å². The summed E-state index contributed by atoms with van der Waals surface area (Å²) < 4.78 is 17.5. The van der Waals surface area contributed by atoms with Gasteiger partial charge in [-0.1, -0.05) is 12.2 Å². The van der Waals surface area contributed by atoms with Crippen molar-refractivity contribution in [3.8, 4) is 0 Å². The Morgan fingerprint density at radius 1 is 1.48 bits per heavy atom. The van der Waals surface area contributed by atoms with Gasteiger partial charge < -0.3 is 24.8 Å². The van der Waals surface area contributed by atoms with Crippen LogP contribution >= 0.6 is 7.60 Å². The van der Waals surface area contributed by atoms with Gasteiger partial charge in [0, 0.05) is 5.92 Å². The van der Waals surface area contributed by atoms with Crippen molar-refractivity contribution in [3.05, 3.63) is 28.8 Å². The van der Waals surface area contributed by atoms with Crippen molar-refractivity contribution in [3.63, 3.8) is 0 Å². The van der Waals surface area contributed by atoms with Crippen molar-refractivity contribution in [2.45, 2.75) is 12.5 Å². The molecule has 2 heterocycles. The highest BCUT2D eigenvalue weighted by Gasteiger charge is 2.24. The maximum Gasteiger partial charge on any atom is 0.350 e. The number of fused-ring (bicyclic) bond motifs is 1. The number of aromatic amines is 1. The van der Waals surface area contributed by atoms with Crippen LogP contribution in [0.15, 0.2) is 23.3 Å². The zero-order valence-corrected chi connectivity index (χ0v) is 12.9. The standard InChI is InChI=1S/C12H16N5O5P/c13-12-15-10-9(11(18)16-12)14-5-17(10)8-2-1-7(3-8)4-22-6-23(19,20)21/h1-2,5,7-8H,3-4,6H2,(H2,19,20,21)(H3,13,15,16,18). The van der Waals surface area contributed by atoms with Crippen molar-refractivity contribution in [1.82, 2.24) is 19.5 Å². The number of imidazole rings is 1. The number of nitrogens with zero attached hydrogens (tertiary/aromatic N) is 3. The number of nitrogens with one attached hydrogen (secondary N) is 1. The number of H-pyrrole nitrogens is 1. The van der Waals surface area contributed by atoms with Crippen LogP contribution in [0.4, 0.5) is 5.95 Å². The SMILES string of the molecule is Nc1nc2c(ncn2C2C=CC(COCP(=O)(O)O)C2)c(=O)[nH]1. The number of aromatic nitrogens is 4. The van der Waals surface area contributed by atoms with Gasteiger partial charge in [-0.3, -0.25) is 14.3 Å². The number of hydrogen-bond donors (Lipinski definition) is 4. The van der Waals surface area contributed by atoms with Crippen LogP contribution in [-0.2, 0) is 9.30 Å². The molecule has 5 N–H and O–H groups in total. The lowest BCUT2D eigenvalue weighted by atomic mass is 10.1. The number of allylic oxidation sites excluding steroid dienone is 1. The summed E-state index contributed by atoms with van der Waals surface area (Å²) in [4.78, 5) is 39.9. The number of hydrogen-bond acceptors (Lipinski definition) is 6. The largest absolute Gasteiger partial charge is 0.369 e. The van der Waals surface area contributed by atoms with E-state index in [2.05, 4.69) is 15.0 Å². The Morgan fingerprint density at radius 2 is 2.26 bits per heavy atom. The van der Waals surface area contributed by atoms with E-state index in [1.165, 1.54) is 6.33 Å². The van der Waals surface area contributed by atoms with Crippen molar-refractivity contribution in [2.75, 3.05) is 18.7 Å². The van der Waals surface area contributed by atoms with E-state index in [9.17, 15) is 9.36 Å². The molecule has 0 fully saturated rings. The summed E-state index contributed by atoms with van der Waals surface area (Å²) >= 11 is 0. The highest BCUT2D eigenvalue weighted by atomic mass is 31.2. The van der Waals surface area contributed by atoms with Crippen LogP contribution in [-0.4, -0.2) is 42.3 Å². The lowest BCUT2D eigenvalue weighted by molar-refractivity contribution is 0.132. The summed E-state index contributed by atoms with van der Waals surface area (Å²) in [6, 6.07) is -0.0719. The Balaban J connectivity index is 1.72. The molecule has 2 aromatic rings. The Kier molecular flexibility index (Phi) is 4.07. The maximum absolute atomic E-state index is 11.8. The normalized spacial score (nSPS) is 21.3. The molecule has 0 radical (unpaired) electrons. The van der Waals surface area contributed by atoms with Crippen LogP contribution in [0.1, 0.15) is 12.5 Å². The molecule has 23 heavy (non-hydrogen) atoms. The van der Waals surface area contributed by atoms with Gasteiger partial charge in [-0.2, -0.15) is 4.98 Å². The third-order valence-corrected chi connectivity index (χ3v) is 4.07. The van der Waals surface area contributed by atoms with Gasteiger partial charge in [0.05, 0.1) is 19.0 Å². The van der Waals surface area contributed by atoms with Gasteiger partial charge in [0.15, 0.2) is 11.2 Å². The lowest BCUT2D eigenvalue weighted by Crippen LogP contribution is -2.14. The minimum Gasteiger partial charge on any atom is -0.369 e. The monoisotopic (exact) mass is 341 g/mol. The third-order valence-electron chi connectivity index (χ3n) is 3.55. The summed E-state index contributed by atoms with van der Waals surface area (Å²) in [7, 11) is -4.15. The first-order chi connectivity index (χ1) is 10.8. The molecule has 11 heteroatoms. The van der Waals surface area contributed by atoms with Crippen LogP contribution in [0.3, 0.4) is 0 Å². The lowest BCUT2D eigenvalue weighted by Gasteiger charge is -2.14. The van der Waals surface area contributed by atoms with Crippen LogP contribution in [0, 0.1) is 5.92 Å². The highest BCUT2D eigenvalue weighted by Crippen LogP contribution is 2.35. The van der Waals surface area contributed by atoms with Gasteiger partial charge in [-0.05, 0) is 6.42 Å². The number of anilines is 1. The maximum atomic E-state index is 11.8. The molecule has 0 bridgehead atoms. The molecule has 1 aliphatic carbocycles. The van der Waals surface area contributed by atoms with E-state index in [1.807, 2.05) is 12.2 Å². The van der Waals surface area contributed by atoms with Gasteiger partial charge >= 0.3 is 7.60 Å². The molecule has 0 spiro atoms. The Morgan fingerprint density at radius 3 is 3.00 bits per heavy atom. The molecule has 0 amide bonds. The molecule has 2 unspecified atom stereocenters. The van der Waals surface area contributed by atoms with E-state index in [1.54, 1.807) is 4.57 Å². The first-order valence-corrected chi connectivity index (χ1v) is 8.66. The van der Waals surface area contributed by atoms with Crippen LogP contribution in [0.25, 0.3) is 11.2 Å². The van der Waals surface area contributed by atoms with E-state index in [0.717, 1.165) is 0 Å². The van der Waals surface area contributed by atoms with Gasteiger partial charge in [-0.15, -0.1) is 0 Å². The van der Waals surface area contributed by atoms with Gasteiger partial charge in [0.25, 0.3) is 5.56 Å². The molecule has 0 aromatic carbocycles. The van der Waals surface area contributed by atoms with Gasteiger partial charge in [0.1, 0.15) is 6.35 Å². The fraction of sp³-hybridized carbons (Fsp3) is 0.417. The molecule has 2 atom stereocenters. The zero-order valence-electron chi connectivity index (χ0n) is 12.0. The van der Waals surface area contributed by atoms with Crippen LogP contribution in [0.2, 0.25) is 0 Å². The molecule has 1 aliphatic rings. The van der Waals surface area contributed by atoms with Crippen molar-refractivity contribution in [2.24, 2.45) is 5.92 Å². The second-order valence-electron chi connectivity index (χ2n) is 5.39. The highest BCUT2D eigenvalue weighted by molar-refractivity contribution is 7.51. The number of nitrogens with two attached hydrogens (primary N) is 1. The molecule has 2 aromatic heterocycles. The molecule has 0 saturated heterocycles. The molecular weight excluding hydrogens is 325 g/mol. The Labute approximate surface area is 130 Å². The minimum absolute atomic E-state index is 0.0170. The third kappa shape index (κ3) is 3.50. The average molecular weight is 341 g/mol. The smallest absolute Gasteiger partial charge is 0.350 e. The molecule has 0 saturated carbocycles. The minimum atomic E-state index is -4.15. The first kappa shape index (κ1) is 15.9. The number of ether oxygens (including phenoxy) is 1. The summed E-state index contributed by atoms with van der Waals surface area (Å²) in [6.07, 6.45) is 5.42. The fourth-order valence-corrected chi connectivity index (χ4v) is 2.93. The molecule has 10 nitrogen and oxygen atoms in total. The van der Waals surface area contributed by atoms with Crippen LogP contribution < -0.4 is 11.3 Å². The van der Waals surface area contributed by atoms with E-state index in [4.69, 9.17) is 20.3 Å². The van der Waals surface area contributed by atoms with Gasteiger partial charge in [-0.25, -0.2) is 4.98 Å². The second kappa shape index (κ2) is 5.89. The summed E-state index contributed by atoms with van der Waals surface area (Å²) in [5.41, 5.74) is 5.79. The summed E-state index contributed by atoms with van der Waals surface area (Å²) in [5, 5.41) is 0. The molecular formula is C12H16N5O5P. The van der Waals surface area contributed by atoms with E-state index in [0.29, 0.717) is 12.1 Å². The molecule has 0 aliphatic heterocycles. The second-order valence-corrected chi connectivity index (χ2v) is 6.98. The predicted octanol–water partition coefficient (Wildman–Crippen LogP) is -0.0292. The quantitative estimate of drug-likeness (QED) is 0.436. The van der Waals surface area contributed by atoms with E-state index >= 15 is 0 Å². The molecule has 124 valence electrons. The first-order valence-electron chi connectivity index (χ1n) is 6.86. The fourth-order valence-electron chi connectivity index (χ4n) is 2.59. The summed E-state index contributed by atoms with van der Waals surface area (Å²) in [5.74, 6) is 0.0381. The predicted molar refractivity (Wildman–Crippen MR) is 81.7 cm³/mol. The van der Waals surface area contributed by atoms with E-state index < -0.39 is 19.5 Å². The van der Waals surface area contributed by atoms with Crippen molar-refractivity contribution < 1.29 is 19.1 Å². The van der Waals surface area contributed by atoms with Crippen molar-refractivity contribution >= 4 is 24.7 Å². The topological polar surface area (TPSA) is 156 Å². The van der Waals surface area contributed by atoms with E-state index in [-0.39, 0.29) is 30.0 Å². The number of nitrogen functional groups attached to an aromatic ring is 1. The molecule has 3 rings (SSSR count). The van der Waals surface area contributed by atoms with Crippen LogP contribution in [0.5, 0.6) is 0 Å². The number of rotatable bonds is 5. The Bertz CT molecular complexity index is 853. The average Bonchev–Trinajstić information content (AvgIpc) is 3.03. The van der Waals surface area contributed by atoms with Gasteiger partial charge in [0.2, 0.25) is 5.95 Å².